The van der Waals surface area contributed by atoms with E-state index in [0.717, 1.165) is 6.07 Å². The fourth-order valence-electron chi connectivity index (χ4n) is 1.21. The summed E-state index contributed by atoms with van der Waals surface area (Å²) in [5, 5.41) is 19.0. The predicted molar refractivity (Wildman–Crippen MR) is 51.6 cm³/mol. The van der Waals surface area contributed by atoms with E-state index in [0.29, 0.717) is 0 Å². The minimum Gasteiger partial charge on any atom is -0.401 e. The lowest BCUT2D eigenvalue weighted by Crippen LogP contribution is -2.19. The third-order valence-corrected chi connectivity index (χ3v) is 1.87. The number of hydrogen-bond donors (Lipinski definition) is 0. The standard InChI is InChI=1S/C9H6F3N3O3/c1-5-4-7(18-9(10,11)12)6(2-3-13)14-8(5)15(16)17/h4H,2H2,1H3. The van der Waals surface area contributed by atoms with Crippen LogP contribution in [0, 0.1) is 28.4 Å². The van der Waals surface area contributed by atoms with Gasteiger partial charge in [0.05, 0.1) is 11.6 Å². The number of halogens is 3. The van der Waals surface area contributed by atoms with Gasteiger partial charge in [0.15, 0.2) is 5.75 Å². The Bertz CT molecular complexity index is 522. The first-order valence-corrected chi connectivity index (χ1v) is 4.52. The van der Waals surface area contributed by atoms with E-state index in [-0.39, 0.29) is 5.56 Å². The van der Waals surface area contributed by atoms with Crippen molar-refractivity contribution in [2.24, 2.45) is 0 Å². The highest BCUT2D eigenvalue weighted by Gasteiger charge is 2.34. The smallest absolute Gasteiger partial charge is 0.401 e. The van der Waals surface area contributed by atoms with Gasteiger partial charge in [0.1, 0.15) is 6.42 Å². The fraction of sp³-hybridized carbons (Fsp3) is 0.333. The van der Waals surface area contributed by atoms with E-state index in [2.05, 4.69) is 9.72 Å². The molecule has 0 fully saturated rings. The molecule has 0 aliphatic heterocycles. The third-order valence-electron chi connectivity index (χ3n) is 1.87. The molecule has 0 aliphatic carbocycles. The lowest BCUT2D eigenvalue weighted by Gasteiger charge is -2.10. The number of rotatable bonds is 3. The van der Waals surface area contributed by atoms with Crippen LogP contribution in [0.15, 0.2) is 6.07 Å². The summed E-state index contributed by atoms with van der Waals surface area (Å²) in [4.78, 5) is 13.1. The van der Waals surface area contributed by atoms with Gasteiger partial charge in [-0.3, -0.25) is 0 Å². The van der Waals surface area contributed by atoms with E-state index in [1.54, 1.807) is 6.07 Å². The lowest BCUT2D eigenvalue weighted by atomic mass is 10.2. The van der Waals surface area contributed by atoms with Crippen LogP contribution < -0.4 is 4.74 Å². The number of alkyl halides is 3. The summed E-state index contributed by atoms with van der Waals surface area (Å²) in [7, 11) is 0. The van der Waals surface area contributed by atoms with Crippen molar-refractivity contribution in [3.05, 3.63) is 27.4 Å². The molecule has 0 spiro atoms. The second-order valence-corrected chi connectivity index (χ2v) is 3.21. The molecule has 0 aliphatic rings. The number of pyridine rings is 1. The summed E-state index contributed by atoms with van der Waals surface area (Å²) in [5.74, 6) is -1.30. The first kappa shape index (κ1) is 13.7. The Morgan fingerprint density at radius 2 is 2.22 bits per heavy atom. The molecule has 1 aromatic heterocycles. The van der Waals surface area contributed by atoms with E-state index >= 15 is 0 Å². The minimum absolute atomic E-state index is 0.0825. The molecule has 0 atom stereocenters. The van der Waals surface area contributed by atoms with Crippen molar-refractivity contribution in [1.82, 2.24) is 4.98 Å². The van der Waals surface area contributed by atoms with Crippen molar-refractivity contribution in [2.75, 3.05) is 0 Å². The number of aromatic nitrogens is 1. The summed E-state index contributed by atoms with van der Waals surface area (Å²) in [6.45, 7) is 1.23. The molecule has 1 heterocycles. The van der Waals surface area contributed by atoms with E-state index in [9.17, 15) is 23.3 Å². The van der Waals surface area contributed by atoms with Crippen LogP contribution in [0.2, 0.25) is 0 Å². The summed E-state index contributed by atoms with van der Waals surface area (Å²) >= 11 is 0. The maximum absolute atomic E-state index is 12.1. The van der Waals surface area contributed by atoms with Crippen molar-refractivity contribution in [3.8, 4) is 11.8 Å². The van der Waals surface area contributed by atoms with Gasteiger partial charge in [-0.15, -0.1) is 13.2 Å². The highest BCUT2D eigenvalue weighted by Crippen LogP contribution is 2.29. The Balaban J connectivity index is 3.29. The average molecular weight is 261 g/mol. The first-order chi connectivity index (χ1) is 8.24. The largest absolute Gasteiger partial charge is 0.573 e. The van der Waals surface area contributed by atoms with Gasteiger partial charge in [-0.2, -0.15) is 5.26 Å². The van der Waals surface area contributed by atoms with Gasteiger partial charge in [0.2, 0.25) is 5.69 Å². The minimum atomic E-state index is -4.95. The van der Waals surface area contributed by atoms with E-state index in [1.165, 1.54) is 6.92 Å². The molecule has 0 bridgehead atoms. The molecule has 0 saturated heterocycles. The summed E-state index contributed by atoms with van der Waals surface area (Å²) in [6.07, 6.45) is -5.47. The van der Waals surface area contributed by atoms with E-state index in [1.807, 2.05) is 0 Å². The monoisotopic (exact) mass is 261 g/mol. The zero-order valence-corrected chi connectivity index (χ0v) is 8.98. The van der Waals surface area contributed by atoms with Gasteiger partial charge in [0.25, 0.3) is 0 Å². The highest BCUT2D eigenvalue weighted by molar-refractivity contribution is 5.42. The molecule has 0 unspecified atom stereocenters. The molecular weight excluding hydrogens is 255 g/mol. The summed E-state index contributed by atoms with van der Waals surface area (Å²) in [5.41, 5.74) is -0.506. The zero-order valence-electron chi connectivity index (χ0n) is 8.98. The number of nitriles is 1. The molecule has 0 N–H and O–H groups in total. The van der Waals surface area contributed by atoms with Crippen molar-refractivity contribution in [3.63, 3.8) is 0 Å². The van der Waals surface area contributed by atoms with Crippen molar-refractivity contribution in [2.45, 2.75) is 19.7 Å². The zero-order chi connectivity index (χ0) is 13.9. The average Bonchev–Trinajstić information content (AvgIpc) is 2.19. The number of ether oxygens (including phenoxy) is 1. The van der Waals surface area contributed by atoms with E-state index < -0.39 is 35.0 Å². The van der Waals surface area contributed by atoms with Crippen LogP contribution in [-0.4, -0.2) is 16.3 Å². The predicted octanol–water partition coefficient (Wildman–Crippen LogP) is 2.26. The van der Waals surface area contributed by atoms with Gasteiger partial charge in [-0.1, -0.05) is 0 Å². The van der Waals surface area contributed by atoms with Crippen molar-refractivity contribution < 1.29 is 22.8 Å². The Kier molecular flexibility index (Phi) is 3.70. The van der Waals surface area contributed by atoms with Crippen LogP contribution in [-0.2, 0) is 6.42 Å². The Morgan fingerprint density at radius 1 is 1.61 bits per heavy atom. The number of aryl methyl sites for hydroxylation is 1. The Hall–Kier alpha value is -2.37. The topological polar surface area (TPSA) is 89.0 Å². The van der Waals surface area contributed by atoms with Gasteiger partial charge in [-0.25, -0.2) is 0 Å². The van der Waals surface area contributed by atoms with Crippen LogP contribution in [0.4, 0.5) is 19.0 Å². The summed E-state index contributed by atoms with van der Waals surface area (Å²) in [6, 6.07) is 2.40. The SMILES string of the molecule is Cc1cc(OC(F)(F)F)c(CC#N)nc1[N+](=O)[O-]. The molecular formula is C9H6F3N3O3. The maximum atomic E-state index is 12.1. The van der Waals surface area contributed by atoms with Gasteiger partial charge >= 0.3 is 12.2 Å². The van der Waals surface area contributed by atoms with Crippen LogP contribution in [0.25, 0.3) is 0 Å². The molecule has 1 aromatic rings. The number of nitro groups is 1. The Labute approximate surface area is 98.8 Å². The van der Waals surface area contributed by atoms with Gasteiger partial charge in [-0.05, 0) is 22.9 Å². The number of nitrogens with zero attached hydrogens (tertiary/aromatic N) is 3. The molecule has 18 heavy (non-hydrogen) atoms. The molecule has 0 aromatic carbocycles. The van der Waals surface area contributed by atoms with Gasteiger partial charge < -0.3 is 14.9 Å². The Morgan fingerprint density at radius 3 is 2.67 bits per heavy atom. The molecule has 9 heteroatoms. The van der Waals surface area contributed by atoms with Crippen LogP contribution >= 0.6 is 0 Å². The van der Waals surface area contributed by atoms with Crippen molar-refractivity contribution >= 4 is 5.82 Å². The van der Waals surface area contributed by atoms with Crippen LogP contribution in [0.3, 0.4) is 0 Å². The van der Waals surface area contributed by atoms with Crippen LogP contribution in [0.5, 0.6) is 5.75 Å². The molecule has 0 saturated carbocycles. The lowest BCUT2D eigenvalue weighted by molar-refractivity contribution is -0.390. The second-order valence-electron chi connectivity index (χ2n) is 3.21. The molecule has 0 amide bonds. The highest BCUT2D eigenvalue weighted by atomic mass is 19.4. The number of hydrogen-bond acceptors (Lipinski definition) is 5. The van der Waals surface area contributed by atoms with Crippen LogP contribution in [0.1, 0.15) is 11.3 Å². The molecule has 0 radical (unpaired) electrons. The molecule has 6 nitrogen and oxygen atoms in total. The van der Waals surface area contributed by atoms with Gasteiger partial charge in [0, 0.05) is 0 Å². The quantitative estimate of drug-likeness (QED) is 0.615. The van der Waals surface area contributed by atoms with E-state index in [4.69, 9.17) is 5.26 Å². The summed E-state index contributed by atoms with van der Waals surface area (Å²) < 4.78 is 39.9. The molecule has 1 rings (SSSR count). The fourth-order valence-corrected chi connectivity index (χ4v) is 1.21. The second kappa shape index (κ2) is 4.87. The first-order valence-electron chi connectivity index (χ1n) is 4.52. The molecule has 96 valence electrons. The van der Waals surface area contributed by atoms with Crippen molar-refractivity contribution in [1.29, 1.82) is 5.26 Å². The third kappa shape index (κ3) is 3.31. The normalized spacial score (nSPS) is 10.8. The maximum Gasteiger partial charge on any atom is 0.573 e.